The lowest BCUT2D eigenvalue weighted by atomic mass is 10.0. The molecule has 2 aromatic carbocycles. The van der Waals surface area contributed by atoms with Gasteiger partial charge in [-0.15, -0.1) is 0 Å². The number of H-pyrrole nitrogens is 1. The number of carbonyl (C=O) groups is 1. The number of anilines is 1. The van der Waals surface area contributed by atoms with Crippen LogP contribution in [0.4, 0.5) is 10.5 Å². The molecule has 182 valence electrons. The van der Waals surface area contributed by atoms with Gasteiger partial charge in [0, 0.05) is 60.5 Å². The quantitative estimate of drug-likeness (QED) is 0.337. The van der Waals surface area contributed by atoms with Crippen LogP contribution in [-0.2, 0) is 13.0 Å². The van der Waals surface area contributed by atoms with Crippen molar-refractivity contribution in [2.24, 2.45) is 0 Å². The van der Waals surface area contributed by atoms with Gasteiger partial charge in [0.15, 0.2) is 0 Å². The van der Waals surface area contributed by atoms with Crippen LogP contribution in [0.15, 0.2) is 62.7 Å². The Labute approximate surface area is 203 Å². The van der Waals surface area contributed by atoms with E-state index in [1.54, 1.807) is 12.3 Å². The monoisotopic (exact) mass is 474 g/mol. The van der Waals surface area contributed by atoms with Crippen molar-refractivity contribution >= 4 is 33.5 Å². The van der Waals surface area contributed by atoms with Gasteiger partial charge < -0.3 is 24.9 Å². The van der Waals surface area contributed by atoms with E-state index >= 15 is 0 Å². The highest BCUT2D eigenvalue weighted by atomic mass is 16.4. The molecule has 0 bridgehead atoms. The Balaban J connectivity index is 1.37. The van der Waals surface area contributed by atoms with E-state index in [1.807, 2.05) is 43.3 Å². The van der Waals surface area contributed by atoms with Crippen molar-refractivity contribution in [1.82, 2.24) is 15.6 Å². The average molecular weight is 475 g/mol. The maximum Gasteiger partial charge on any atom is 0.339 e. The molecule has 0 aliphatic rings. The maximum absolute atomic E-state index is 12.7. The molecule has 35 heavy (non-hydrogen) atoms. The first-order valence-electron chi connectivity index (χ1n) is 11.8. The fourth-order valence-corrected chi connectivity index (χ4v) is 4.35. The number of pyridine rings is 1. The lowest BCUT2D eigenvalue weighted by molar-refractivity contribution is 0.240. The molecule has 0 atom stereocenters. The van der Waals surface area contributed by atoms with Crippen molar-refractivity contribution in [2.45, 2.75) is 33.7 Å². The first-order chi connectivity index (χ1) is 16.9. The summed E-state index contributed by atoms with van der Waals surface area (Å²) in [5.41, 5.74) is 3.40. The van der Waals surface area contributed by atoms with Crippen LogP contribution in [-0.4, -0.2) is 30.6 Å². The summed E-state index contributed by atoms with van der Waals surface area (Å²) in [6.45, 7) is 8.46. The zero-order valence-electron chi connectivity index (χ0n) is 20.2. The molecule has 4 rings (SSSR count). The fraction of sp³-hybridized carbons (Fsp3) is 0.296. The molecule has 8 heteroatoms. The number of hydrogen-bond acceptors (Lipinski definition) is 5. The lowest BCUT2D eigenvalue weighted by Crippen LogP contribution is -2.36. The smallest absolute Gasteiger partial charge is 0.339 e. The Hall–Kier alpha value is -4.07. The molecular weight excluding hydrogens is 444 g/mol. The van der Waals surface area contributed by atoms with Crippen LogP contribution in [0, 0.1) is 6.92 Å². The first kappa shape index (κ1) is 24.1. The summed E-state index contributed by atoms with van der Waals surface area (Å²) in [6.07, 6.45) is 1.97. The zero-order valence-corrected chi connectivity index (χ0v) is 20.2. The summed E-state index contributed by atoms with van der Waals surface area (Å²) in [4.78, 5) is 41.6. The third-order valence-electron chi connectivity index (χ3n) is 6.35. The highest BCUT2D eigenvalue weighted by molar-refractivity contribution is 5.84. The summed E-state index contributed by atoms with van der Waals surface area (Å²) in [7, 11) is 0. The van der Waals surface area contributed by atoms with Gasteiger partial charge in [0.2, 0.25) is 0 Å². The molecule has 0 saturated carbocycles. The average Bonchev–Trinajstić information content (AvgIpc) is 2.85. The second-order valence-electron chi connectivity index (χ2n) is 8.43. The molecule has 8 nitrogen and oxygen atoms in total. The minimum Gasteiger partial charge on any atom is -0.422 e. The molecule has 0 unspecified atom stereocenters. The normalized spacial score (nSPS) is 11.1. The largest absolute Gasteiger partial charge is 0.422 e. The molecule has 3 N–H and O–H groups in total. The predicted molar refractivity (Wildman–Crippen MR) is 139 cm³/mol. The first-order valence-corrected chi connectivity index (χ1v) is 11.8. The van der Waals surface area contributed by atoms with E-state index in [0.717, 1.165) is 40.7 Å². The number of hydrogen-bond donors (Lipinski definition) is 3. The number of benzene rings is 2. The van der Waals surface area contributed by atoms with Crippen LogP contribution in [0.2, 0.25) is 0 Å². The van der Waals surface area contributed by atoms with Gasteiger partial charge in [-0.1, -0.05) is 6.07 Å². The number of aryl methyl sites for hydroxylation is 1. The van der Waals surface area contributed by atoms with E-state index in [2.05, 4.69) is 34.4 Å². The minimum atomic E-state index is -0.375. The molecule has 4 aromatic rings. The number of amides is 2. The molecular formula is C27H30N4O4. The number of carbonyl (C=O) groups excluding carboxylic acids is 1. The van der Waals surface area contributed by atoms with Gasteiger partial charge in [0.25, 0.3) is 5.56 Å². The van der Waals surface area contributed by atoms with Crippen LogP contribution in [0.3, 0.4) is 0 Å². The van der Waals surface area contributed by atoms with Crippen molar-refractivity contribution in [2.75, 3.05) is 24.5 Å². The molecule has 2 amide bonds. The number of rotatable bonds is 8. The van der Waals surface area contributed by atoms with Gasteiger partial charge in [-0.3, -0.25) is 4.79 Å². The predicted octanol–water partition coefficient (Wildman–Crippen LogP) is 3.83. The number of urea groups is 1. The van der Waals surface area contributed by atoms with E-state index < -0.39 is 0 Å². The molecule has 0 fully saturated rings. The van der Waals surface area contributed by atoms with Gasteiger partial charge >= 0.3 is 11.7 Å². The Bertz CT molecular complexity index is 1480. The summed E-state index contributed by atoms with van der Waals surface area (Å²) < 4.78 is 5.62. The third kappa shape index (κ3) is 5.21. The molecule has 0 saturated heterocycles. The zero-order chi connectivity index (χ0) is 24.9. The summed E-state index contributed by atoms with van der Waals surface area (Å²) in [5.74, 6) is 0. The van der Waals surface area contributed by atoms with Crippen molar-refractivity contribution in [3.05, 3.63) is 86.1 Å². The second kappa shape index (κ2) is 10.5. The van der Waals surface area contributed by atoms with Gasteiger partial charge in [-0.2, -0.15) is 0 Å². The van der Waals surface area contributed by atoms with Crippen LogP contribution in [0.5, 0.6) is 0 Å². The SMILES string of the molecule is CCN(CC)c1ccc2c(C)c(CCNC(=O)NCc3ccc4c(=O)[nH]ccc4c3)c(=O)oc2c1. The number of aromatic nitrogens is 1. The maximum atomic E-state index is 12.7. The highest BCUT2D eigenvalue weighted by Gasteiger charge is 2.13. The van der Waals surface area contributed by atoms with Crippen LogP contribution >= 0.6 is 0 Å². The van der Waals surface area contributed by atoms with E-state index in [4.69, 9.17) is 4.42 Å². The van der Waals surface area contributed by atoms with E-state index in [9.17, 15) is 14.4 Å². The Morgan fingerprint density at radius 2 is 1.77 bits per heavy atom. The highest BCUT2D eigenvalue weighted by Crippen LogP contribution is 2.25. The molecule has 2 heterocycles. The second-order valence-corrected chi connectivity index (χ2v) is 8.43. The Morgan fingerprint density at radius 1 is 1.00 bits per heavy atom. The van der Waals surface area contributed by atoms with Gasteiger partial charge in [0.1, 0.15) is 5.58 Å². The summed E-state index contributed by atoms with van der Waals surface area (Å²) >= 11 is 0. The number of aromatic amines is 1. The molecule has 0 spiro atoms. The topological polar surface area (TPSA) is 107 Å². The fourth-order valence-electron chi connectivity index (χ4n) is 4.35. The van der Waals surface area contributed by atoms with Gasteiger partial charge in [-0.05, 0) is 74.0 Å². The van der Waals surface area contributed by atoms with Crippen LogP contribution in [0.1, 0.15) is 30.5 Å². The number of fused-ring (bicyclic) bond motifs is 2. The standard InChI is InChI=1S/C27H30N4O4/c1-4-31(5-2)20-7-9-21-17(3)22(26(33)35-24(21)15-20)11-13-29-27(34)30-16-18-6-8-23-19(14-18)10-12-28-25(23)32/h6-10,12,14-15H,4-5,11,13,16H2,1-3H3,(H,28,32)(H2,29,30,34). The Morgan fingerprint density at radius 3 is 2.54 bits per heavy atom. The lowest BCUT2D eigenvalue weighted by Gasteiger charge is -2.21. The number of nitrogens with one attached hydrogen (secondary N) is 3. The van der Waals surface area contributed by atoms with Gasteiger partial charge in [-0.25, -0.2) is 9.59 Å². The minimum absolute atomic E-state index is 0.141. The molecule has 2 aromatic heterocycles. The number of nitrogens with zero attached hydrogens (tertiary/aromatic N) is 1. The van der Waals surface area contributed by atoms with Crippen LogP contribution in [0.25, 0.3) is 21.7 Å². The van der Waals surface area contributed by atoms with Gasteiger partial charge in [0.05, 0.1) is 0 Å². The van der Waals surface area contributed by atoms with E-state index in [0.29, 0.717) is 36.0 Å². The summed E-state index contributed by atoms with van der Waals surface area (Å²) in [6, 6.07) is 12.9. The Kier molecular flexibility index (Phi) is 7.19. The van der Waals surface area contributed by atoms with Crippen molar-refractivity contribution in [3.8, 4) is 0 Å². The van der Waals surface area contributed by atoms with Crippen molar-refractivity contribution in [3.63, 3.8) is 0 Å². The molecule has 0 aliphatic heterocycles. The van der Waals surface area contributed by atoms with Crippen molar-refractivity contribution in [1.29, 1.82) is 0 Å². The molecule has 0 aliphatic carbocycles. The molecule has 0 radical (unpaired) electrons. The van der Waals surface area contributed by atoms with E-state index in [1.165, 1.54) is 0 Å². The van der Waals surface area contributed by atoms with Crippen molar-refractivity contribution < 1.29 is 9.21 Å². The van der Waals surface area contributed by atoms with E-state index in [-0.39, 0.29) is 17.2 Å². The summed E-state index contributed by atoms with van der Waals surface area (Å²) in [5, 5.41) is 7.93. The third-order valence-corrected chi connectivity index (χ3v) is 6.35. The van der Waals surface area contributed by atoms with Crippen LogP contribution < -0.4 is 26.7 Å².